The Bertz CT molecular complexity index is 1110. The molecule has 0 radical (unpaired) electrons. The number of aryl methyl sites for hydroxylation is 2. The molecule has 0 saturated carbocycles. The van der Waals surface area contributed by atoms with Crippen molar-refractivity contribution < 1.29 is 13.7 Å². The Labute approximate surface area is 191 Å². The maximum atomic E-state index is 12.8. The van der Waals surface area contributed by atoms with Gasteiger partial charge in [0.15, 0.2) is 0 Å². The van der Waals surface area contributed by atoms with E-state index < -0.39 is 10.8 Å². The number of hydrogen-bond donors (Lipinski definition) is 1. The lowest BCUT2D eigenvalue weighted by Crippen LogP contribution is -2.18. The molecule has 3 aromatic rings. The van der Waals surface area contributed by atoms with Crippen LogP contribution in [-0.2, 0) is 22.0 Å². The van der Waals surface area contributed by atoms with Crippen LogP contribution in [0, 0.1) is 6.92 Å². The van der Waals surface area contributed by atoms with Crippen LogP contribution in [0.25, 0.3) is 5.69 Å². The Morgan fingerprint density at radius 2 is 1.94 bits per heavy atom. The van der Waals surface area contributed by atoms with Gasteiger partial charge in [0.05, 0.1) is 23.1 Å². The van der Waals surface area contributed by atoms with Crippen LogP contribution in [0.4, 0.5) is 5.69 Å². The number of nitrogens with zero attached hydrogens (tertiary/aromatic N) is 2. The van der Waals surface area contributed by atoms with Crippen LogP contribution >= 0.6 is 0 Å². The lowest BCUT2D eigenvalue weighted by Gasteiger charge is -2.17. The molecule has 0 bridgehead atoms. The molecular weight excluding hydrogens is 422 g/mol. The standard InChI is InChI=1S/C25H29N3O3S/c1-19-8-4-5-9-23(19)28-15-14-26-25(28)32(30)17-7-3-2-6-16-31-21-11-12-22-20(18-21)10-13-24(29)27-22/h4-5,8-9,11-12,14-15,18H,2-3,6-7,10,13,16-17H2,1H3,(H,27,29). The number of para-hydroxylation sites is 1. The van der Waals surface area contributed by atoms with Crippen LogP contribution in [0.15, 0.2) is 60.0 Å². The number of ether oxygens (including phenoxy) is 1. The minimum Gasteiger partial charge on any atom is -0.494 e. The molecular formula is C25H29N3O3S. The van der Waals surface area contributed by atoms with E-state index in [4.69, 9.17) is 4.74 Å². The summed E-state index contributed by atoms with van der Waals surface area (Å²) in [6.45, 7) is 2.71. The van der Waals surface area contributed by atoms with Crippen molar-refractivity contribution in [2.75, 3.05) is 17.7 Å². The van der Waals surface area contributed by atoms with Gasteiger partial charge in [-0.1, -0.05) is 31.0 Å². The first-order chi connectivity index (χ1) is 15.6. The third kappa shape index (κ3) is 5.46. The highest BCUT2D eigenvalue weighted by molar-refractivity contribution is 7.84. The smallest absolute Gasteiger partial charge is 0.224 e. The molecule has 32 heavy (non-hydrogen) atoms. The number of imidazole rings is 1. The van der Waals surface area contributed by atoms with Crippen LogP contribution in [0.1, 0.15) is 43.2 Å². The minimum absolute atomic E-state index is 0.0752. The van der Waals surface area contributed by atoms with E-state index in [0.717, 1.165) is 60.4 Å². The molecule has 1 aromatic heterocycles. The van der Waals surface area contributed by atoms with Crippen LogP contribution in [0.2, 0.25) is 0 Å². The number of anilines is 1. The fourth-order valence-corrected chi connectivity index (χ4v) is 5.10. The highest BCUT2D eigenvalue weighted by Gasteiger charge is 2.15. The summed E-state index contributed by atoms with van der Waals surface area (Å²) in [4.78, 5) is 15.8. The Kier molecular flexibility index (Phi) is 7.37. The van der Waals surface area contributed by atoms with E-state index in [0.29, 0.717) is 23.9 Å². The molecule has 7 heteroatoms. The SMILES string of the molecule is Cc1ccccc1-n1ccnc1S(=O)CCCCCCOc1ccc2c(c1)CCC(=O)N2. The largest absolute Gasteiger partial charge is 0.494 e. The molecule has 2 aromatic carbocycles. The zero-order valence-corrected chi connectivity index (χ0v) is 19.2. The van der Waals surface area contributed by atoms with Crippen molar-refractivity contribution in [1.82, 2.24) is 9.55 Å². The monoisotopic (exact) mass is 451 g/mol. The number of aromatic nitrogens is 2. The highest BCUT2D eigenvalue weighted by Crippen LogP contribution is 2.27. The maximum Gasteiger partial charge on any atom is 0.224 e. The number of nitrogens with one attached hydrogen (secondary N) is 1. The minimum atomic E-state index is -1.12. The predicted molar refractivity (Wildman–Crippen MR) is 127 cm³/mol. The number of hydrogen-bond acceptors (Lipinski definition) is 4. The summed E-state index contributed by atoms with van der Waals surface area (Å²) >= 11 is 0. The number of carbonyl (C=O) groups excluding carboxylic acids is 1. The molecule has 1 N–H and O–H groups in total. The van der Waals surface area contributed by atoms with Crippen molar-refractivity contribution >= 4 is 22.4 Å². The summed E-state index contributed by atoms with van der Waals surface area (Å²) in [7, 11) is -1.12. The lowest BCUT2D eigenvalue weighted by atomic mass is 10.0. The predicted octanol–water partition coefficient (Wildman–Crippen LogP) is 4.81. The zero-order chi connectivity index (χ0) is 22.3. The second-order valence-electron chi connectivity index (χ2n) is 8.05. The second-order valence-corrected chi connectivity index (χ2v) is 9.51. The van der Waals surface area contributed by atoms with E-state index in [1.54, 1.807) is 6.20 Å². The summed E-state index contributed by atoms with van der Waals surface area (Å²) < 4.78 is 20.6. The van der Waals surface area contributed by atoms with Gasteiger partial charge in [-0.3, -0.25) is 13.6 Å². The van der Waals surface area contributed by atoms with Gasteiger partial charge in [-0.25, -0.2) is 4.98 Å². The van der Waals surface area contributed by atoms with E-state index in [1.807, 2.05) is 60.2 Å². The molecule has 0 spiro atoms. The van der Waals surface area contributed by atoms with Crippen molar-refractivity contribution in [2.45, 2.75) is 50.6 Å². The van der Waals surface area contributed by atoms with Gasteiger partial charge >= 0.3 is 0 Å². The number of benzene rings is 2. The van der Waals surface area contributed by atoms with Gasteiger partial charge in [0, 0.05) is 30.3 Å². The van der Waals surface area contributed by atoms with E-state index >= 15 is 0 Å². The van der Waals surface area contributed by atoms with Gasteiger partial charge in [-0.05, 0) is 61.6 Å². The van der Waals surface area contributed by atoms with Gasteiger partial charge in [0.2, 0.25) is 11.1 Å². The average molecular weight is 452 g/mol. The Morgan fingerprint density at radius 1 is 1.09 bits per heavy atom. The van der Waals surface area contributed by atoms with Gasteiger partial charge in [-0.2, -0.15) is 0 Å². The molecule has 0 saturated heterocycles. The quantitative estimate of drug-likeness (QED) is 0.449. The summed E-state index contributed by atoms with van der Waals surface area (Å²) in [6, 6.07) is 13.9. The summed E-state index contributed by atoms with van der Waals surface area (Å²) in [5.41, 5.74) is 4.18. The number of amides is 1. The molecule has 1 aliphatic heterocycles. The topological polar surface area (TPSA) is 73.2 Å². The van der Waals surface area contributed by atoms with Crippen molar-refractivity contribution in [3.05, 3.63) is 66.0 Å². The zero-order valence-electron chi connectivity index (χ0n) is 18.4. The number of unbranched alkanes of at least 4 members (excludes halogenated alkanes) is 3. The summed E-state index contributed by atoms with van der Waals surface area (Å²) in [5.74, 6) is 1.54. The van der Waals surface area contributed by atoms with Gasteiger partial charge < -0.3 is 10.1 Å². The van der Waals surface area contributed by atoms with Crippen LogP contribution in [-0.4, -0.2) is 32.0 Å². The summed E-state index contributed by atoms with van der Waals surface area (Å²) in [6.07, 6.45) is 8.78. The van der Waals surface area contributed by atoms with Crippen molar-refractivity contribution in [1.29, 1.82) is 0 Å². The van der Waals surface area contributed by atoms with E-state index in [-0.39, 0.29) is 5.91 Å². The molecule has 0 fully saturated rings. The molecule has 1 aliphatic rings. The Morgan fingerprint density at radius 3 is 2.81 bits per heavy atom. The summed E-state index contributed by atoms with van der Waals surface area (Å²) in [5, 5.41) is 3.50. The Balaban J connectivity index is 1.17. The van der Waals surface area contributed by atoms with Crippen LogP contribution < -0.4 is 10.1 Å². The maximum absolute atomic E-state index is 12.8. The first-order valence-corrected chi connectivity index (χ1v) is 12.5. The molecule has 168 valence electrons. The normalized spacial score (nSPS) is 14.0. The third-order valence-electron chi connectivity index (χ3n) is 5.65. The molecule has 0 aliphatic carbocycles. The molecule has 6 nitrogen and oxygen atoms in total. The first kappa shape index (κ1) is 22.3. The van der Waals surface area contributed by atoms with Crippen molar-refractivity contribution in [2.24, 2.45) is 0 Å². The molecule has 1 amide bonds. The van der Waals surface area contributed by atoms with E-state index in [1.165, 1.54) is 0 Å². The molecule has 4 rings (SSSR count). The number of rotatable bonds is 10. The lowest BCUT2D eigenvalue weighted by molar-refractivity contribution is -0.116. The molecule has 2 heterocycles. The van der Waals surface area contributed by atoms with Crippen LogP contribution in [0.3, 0.4) is 0 Å². The second kappa shape index (κ2) is 10.6. The Hall–Kier alpha value is -2.93. The van der Waals surface area contributed by atoms with Gasteiger partial charge in [0.1, 0.15) is 5.75 Å². The fraction of sp³-hybridized carbons (Fsp3) is 0.360. The number of fused-ring (bicyclic) bond motifs is 1. The fourth-order valence-electron chi connectivity index (χ4n) is 3.89. The number of carbonyl (C=O) groups is 1. The third-order valence-corrected chi connectivity index (χ3v) is 7.02. The van der Waals surface area contributed by atoms with Crippen LogP contribution in [0.5, 0.6) is 5.75 Å². The average Bonchev–Trinajstić information content (AvgIpc) is 3.28. The van der Waals surface area contributed by atoms with Gasteiger partial charge in [0.25, 0.3) is 0 Å². The van der Waals surface area contributed by atoms with E-state index in [9.17, 15) is 9.00 Å². The van der Waals surface area contributed by atoms with E-state index in [2.05, 4.69) is 10.3 Å². The molecule has 1 atom stereocenters. The first-order valence-electron chi connectivity index (χ1n) is 11.1. The van der Waals surface area contributed by atoms with Crippen molar-refractivity contribution in [3.63, 3.8) is 0 Å². The van der Waals surface area contributed by atoms with Crippen molar-refractivity contribution in [3.8, 4) is 11.4 Å². The molecule has 1 unspecified atom stereocenters. The highest BCUT2D eigenvalue weighted by atomic mass is 32.2. The van der Waals surface area contributed by atoms with Gasteiger partial charge in [-0.15, -0.1) is 0 Å².